The number of ketones is 1. The lowest BCUT2D eigenvalue weighted by Gasteiger charge is -2.09. The monoisotopic (exact) mass is 276 g/mol. The van der Waals surface area contributed by atoms with Gasteiger partial charge in [-0.15, -0.1) is 0 Å². The van der Waals surface area contributed by atoms with E-state index in [0.717, 1.165) is 0 Å². The summed E-state index contributed by atoms with van der Waals surface area (Å²) in [6.45, 7) is 0. The van der Waals surface area contributed by atoms with Crippen molar-refractivity contribution in [3.05, 3.63) is 23.8 Å². The van der Waals surface area contributed by atoms with Crippen molar-refractivity contribution in [3.63, 3.8) is 0 Å². The molecule has 0 spiro atoms. The van der Waals surface area contributed by atoms with Gasteiger partial charge in [0.1, 0.15) is 0 Å². The highest BCUT2D eigenvalue weighted by Crippen LogP contribution is 2.28. The van der Waals surface area contributed by atoms with Gasteiger partial charge in [0.05, 0.1) is 14.2 Å². The van der Waals surface area contributed by atoms with Gasteiger partial charge in [0, 0.05) is 18.4 Å². The van der Waals surface area contributed by atoms with Gasteiger partial charge in [-0.3, -0.25) is 4.79 Å². The van der Waals surface area contributed by atoms with Gasteiger partial charge in [0.25, 0.3) is 0 Å². The molecule has 0 aliphatic carbocycles. The van der Waals surface area contributed by atoms with Gasteiger partial charge < -0.3 is 9.47 Å². The van der Waals surface area contributed by atoms with Crippen LogP contribution >= 0.6 is 0 Å². The molecule has 19 heavy (non-hydrogen) atoms. The molecule has 0 bridgehead atoms. The van der Waals surface area contributed by atoms with Crippen LogP contribution in [0.5, 0.6) is 11.5 Å². The maximum Gasteiger partial charge on any atom is 0.389 e. The molecule has 0 saturated carbocycles. The van der Waals surface area contributed by atoms with Crippen LogP contribution in [0.3, 0.4) is 0 Å². The van der Waals surface area contributed by atoms with Crippen molar-refractivity contribution < 1.29 is 27.4 Å². The first-order valence-corrected chi connectivity index (χ1v) is 5.69. The second kappa shape index (κ2) is 6.45. The molecule has 0 aliphatic heterocycles. The fraction of sp³-hybridized carbons (Fsp3) is 0.462. The quantitative estimate of drug-likeness (QED) is 0.744. The van der Waals surface area contributed by atoms with Crippen LogP contribution < -0.4 is 9.47 Å². The van der Waals surface area contributed by atoms with Crippen molar-refractivity contribution in [2.75, 3.05) is 14.2 Å². The topological polar surface area (TPSA) is 35.5 Å². The Labute approximate surface area is 109 Å². The van der Waals surface area contributed by atoms with Crippen LogP contribution in [0.2, 0.25) is 0 Å². The third-order valence-electron chi connectivity index (χ3n) is 2.57. The zero-order valence-electron chi connectivity index (χ0n) is 10.7. The lowest BCUT2D eigenvalue weighted by atomic mass is 10.0. The number of carbonyl (C=O) groups is 1. The van der Waals surface area contributed by atoms with Crippen molar-refractivity contribution in [3.8, 4) is 11.5 Å². The molecule has 0 aliphatic rings. The fourth-order valence-electron chi connectivity index (χ4n) is 1.60. The van der Waals surface area contributed by atoms with Crippen molar-refractivity contribution in [2.24, 2.45) is 0 Å². The molecule has 0 heterocycles. The van der Waals surface area contributed by atoms with Gasteiger partial charge in [0.2, 0.25) is 0 Å². The maximum atomic E-state index is 12.0. The minimum absolute atomic E-state index is 0.144. The minimum atomic E-state index is -4.22. The molecule has 106 valence electrons. The number of hydrogen-bond donors (Lipinski definition) is 0. The molecule has 1 rings (SSSR count). The third-order valence-corrected chi connectivity index (χ3v) is 2.57. The molecule has 3 nitrogen and oxygen atoms in total. The molecule has 0 aromatic heterocycles. The summed E-state index contributed by atoms with van der Waals surface area (Å²) in [5.41, 5.74) is 0.319. The number of halogens is 3. The van der Waals surface area contributed by atoms with E-state index in [1.165, 1.54) is 26.4 Å². The molecule has 0 radical (unpaired) electrons. The van der Waals surface area contributed by atoms with Gasteiger partial charge in [-0.25, -0.2) is 0 Å². The Bertz CT molecular complexity index is 441. The maximum absolute atomic E-state index is 12.0. The largest absolute Gasteiger partial charge is 0.493 e. The van der Waals surface area contributed by atoms with Gasteiger partial charge in [-0.2, -0.15) is 13.2 Å². The van der Waals surface area contributed by atoms with E-state index in [9.17, 15) is 18.0 Å². The average Bonchev–Trinajstić information content (AvgIpc) is 2.36. The van der Waals surface area contributed by atoms with Crippen molar-refractivity contribution in [2.45, 2.75) is 25.4 Å². The highest BCUT2D eigenvalue weighted by Gasteiger charge is 2.26. The number of ether oxygens (including phenoxy) is 2. The van der Waals surface area contributed by atoms with E-state index in [4.69, 9.17) is 9.47 Å². The number of benzene rings is 1. The summed E-state index contributed by atoms with van der Waals surface area (Å²) >= 11 is 0. The second-order valence-electron chi connectivity index (χ2n) is 3.96. The summed E-state index contributed by atoms with van der Waals surface area (Å²) in [5, 5.41) is 0. The molecule has 6 heteroatoms. The number of rotatable bonds is 6. The standard InChI is InChI=1S/C13H15F3O3/c1-18-11-6-5-9(8-12(11)19-2)10(17)4-3-7-13(14,15)16/h5-6,8H,3-4,7H2,1-2H3. The van der Waals surface area contributed by atoms with Crippen molar-refractivity contribution in [1.82, 2.24) is 0 Å². The highest BCUT2D eigenvalue weighted by molar-refractivity contribution is 5.96. The minimum Gasteiger partial charge on any atom is -0.493 e. The summed E-state index contributed by atoms with van der Waals surface area (Å²) < 4.78 is 46.0. The SMILES string of the molecule is COc1ccc(C(=O)CCCC(F)(F)F)cc1OC. The van der Waals surface area contributed by atoms with Crippen LogP contribution in [-0.2, 0) is 0 Å². The summed E-state index contributed by atoms with van der Waals surface area (Å²) in [7, 11) is 2.89. The van der Waals surface area contributed by atoms with E-state index < -0.39 is 12.6 Å². The fourth-order valence-corrected chi connectivity index (χ4v) is 1.60. The predicted molar refractivity (Wildman–Crippen MR) is 63.8 cm³/mol. The average molecular weight is 276 g/mol. The molecule has 1 aromatic rings. The predicted octanol–water partition coefficient (Wildman–Crippen LogP) is 3.62. The van der Waals surface area contributed by atoms with E-state index in [1.807, 2.05) is 0 Å². The molecule has 0 N–H and O–H groups in total. The number of alkyl halides is 3. The molecular weight excluding hydrogens is 261 g/mol. The molecule has 0 amide bonds. The molecule has 0 fully saturated rings. The number of methoxy groups -OCH3 is 2. The van der Waals surface area contributed by atoms with Crippen LogP contribution in [0.1, 0.15) is 29.6 Å². The molecule has 0 saturated heterocycles. The van der Waals surface area contributed by atoms with Crippen LogP contribution in [-0.4, -0.2) is 26.2 Å². The lowest BCUT2D eigenvalue weighted by molar-refractivity contribution is -0.135. The third kappa shape index (κ3) is 4.81. The van der Waals surface area contributed by atoms with Crippen LogP contribution in [0.15, 0.2) is 18.2 Å². The molecule has 0 unspecified atom stereocenters. The first-order chi connectivity index (χ1) is 8.87. The van der Waals surface area contributed by atoms with E-state index in [2.05, 4.69) is 0 Å². The highest BCUT2D eigenvalue weighted by atomic mass is 19.4. The summed E-state index contributed by atoms with van der Waals surface area (Å²) in [6.07, 6.45) is -5.53. The molecule has 0 atom stereocenters. The van der Waals surface area contributed by atoms with E-state index in [0.29, 0.717) is 17.1 Å². The Kier molecular flexibility index (Phi) is 5.20. The first kappa shape index (κ1) is 15.3. The van der Waals surface area contributed by atoms with Gasteiger partial charge in [-0.05, 0) is 24.6 Å². The normalized spacial score (nSPS) is 11.2. The Hall–Kier alpha value is -1.72. The summed E-state index contributed by atoms with van der Waals surface area (Å²) in [4.78, 5) is 11.7. The number of carbonyl (C=O) groups excluding carboxylic acids is 1. The lowest BCUT2D eigenvalue weighted by Crippen LogP contribution is -2.08. The second-order valence-corrected chi connectivity index (χ2v) is 3.96. The van der Waals surface area contributed by atoms with E-state index in [-0.39, 0.29) is 18.6 Å². The van der Waals surface area contributed by atoms with Gasteiger partial charge in [0.15, 0.2) is 17.3 Å². The zero-order valence-corrected chi connectivity index (χ0v) is 10.7. The Morgan fingerprint density at radius 2 is 1.79 bits per heavy atom. The van der Waals surface area contributed by atoms with Crippen LogP contribution in [0.4, 0.5) is 13.2 Å². The zero-order chi connectivity index (χ0) is 14.5. The van der Waals surface area contributed by atoms with Gasteiger partial charge in [-0.1, -0.05) is 0 Å². The first-order valence-electron chi connectivity index (χ1n) is 5.69. The van der Waals surface area contributed by atoms with E-state index in [1.54, 1.807) is 6.07 Å². The molecule has 1 aromatic carbocycles. The van der Waals surface area contributed by atoms with Crippen molar-refractivity contribution in [1.29, 1.82) is 0 Å². The number of hydrogen-bond acceptors (Lipinski definition) is 3. The summed E-state index contributed by atoms with van der Waals surface area (Å²) in [5.74, 6) is 0.503. The Balaban J connectivity index is 2.67. The smallest absolute Gasteiger partial charge is 0.389 e. The van der Waals surface area contributed by atoms with Gasteiger partial charge >= 0.3 is 6.18 Å². The van der Waals surface area contributed by atoms with Crippen LogP contribution in [0.25, 0.3) is 0 Å². The number of Topliss-reactive ketones (excluding diaryl/α,β-unsaturated/α-hetero) is 1. The van der Waals surface area contributed by atoms with Crippen LogP contribution in [0, 0.1) is 0 Å². The Morgan fingerprint density at radius 3 is 2.32 bits per heavy atom. The Morgan fingerprint density at radius 1 is 1.16 bits per heavy atom. The summed E-state index contributed by atoms with van der Waals surface area (Å²) in [6, 6.07) is 4.53. The molecular formula is C13H15F3O3. The van der Waals surface area contributed by atoms with Crippen molar-refractivity contribution >= 4 is 5.78 Å². The van der Waals surface area contributed by atoms with E-state index >= 15 is 0 Å².